The van der Waals surface area contributed by atoms with Crippen LogP contribution >= 0.6 is 35.1 Å². The molecular formula is C20H22Cl2FN3OS. The molecule has 1 amide bonds. The second kappa shape index (κ2) is 9.83. The molecule has 4 nitrogen and oxygen atoms in total. The molecule has 0 spiro atoms. The predicted molar refractivity (Wildman–Crippen MR) is 116 cm³/mol. The van der Waals surface area contributed by atoms with Gasteiger partial charge in [-0.25, -0.2) is 4.39 Å². The van der Waals surface area contributed by atoms with Gasteiger partial charge in [0.2, 0.25) is 0 Å². The average molecular weight is 442 g/mol. The Balaban J connectivity index is 1.56. The number of nitrogens with zero attached hydrogens (tertiary/aromatic N) is 2. The van der Waals surface area contributed by atoms with Crippen LogP contribution in [0, 0.1) is 5.82 Å². The standard InChI is InChI=1S/C20H22Cl2FN3OS/c1-2-28-24-15-4-5-16(18(22)12-15)20(27)26-9-7-25(8-10-26)13-14-3-6-17(21)19(23)11-14/h3-6,11-12,24H,2,7-10,13H2,1H3. The number of carbonyl (C=O) groups excluding carboxylic acids is 1. The molecule has 0 aromatic heterocycles. The molecule has 1 N–H and O–H groups in total. The SMILES string of the molecule is CCSNc1ccc(C(=O)N2CCN(Cc3ccc(Cl)c(F)c3)CC2)c(Cl)c1. The Bertz CT molecular complexity index is 844. The summed E-state index contributed by atoms with van der Waals surface area (Å²) in [6.45, 7) is 5.35. The fourth-order valence-corrected chi connectivity index (χ4v) is 3.90. The van der Waals surface area contributed by atoms with Gasteiger partial charge in [-0.3, -0.25) is 9.69 Å². The van der Waals surface area contributed by atoms with E-state index in [1.54, 1.807) is 30.1 Å². The number of carbonyl (C=O) groups is 1. The summed E-state index contributed by atoms with van der Waals surface area (Å²) in [5.74, 6) is 0.473. The van der Waals surface area contributed by atoms with Crippen LogP contribution in [0.1, 0.15) is 22.8 Å². The molecule has 3 rings (SSSR count). The first kappa shape index (κ1) is 21.2. The summed E-state index contributed by atoms with van der Waals surface area (Å²) in [6.07, 6.45) is 0. The van der Waals surface area contributed by atoms with Gasteiger partial charge in [0.25, 0.3) is 5.91 Å². The van der Waals surface area contributed by atoms with E-state index >= 15 is 0 Å². The number of hydrogen-bond donors (Lipinski definition) is 1. The Kier molecular flexibility index (Phi) is 7.46. The second-order valence-electron chi connectivity index (χ2n) is 6.55. The van der Waals surface area contributed by atoms with Gasteiger partial charge in [0.1, 0.15) is 5.82 Å². The van der Waals surface area contributed by atoms with E-state index in [2.05, 4.69) is 16.5 Å². The van der Waals surface area contributed by atoms with Crippen molar-refractivity contribution < 1.29 is 9.18 Å². The first-order valence-electron chi connectivity index (χ1n) is 9.11. The van der Waals surface area contributed by atoms with Gasteiger partial charge in [0, 0.05) is 44.2 Å². The third kappa shape index (κ3) is 5.32. The third-order valence-electron chi connectivity index (χ3n) is 4.58. The molecule has 0 radical (unpaired) electrons. The Morgan fingerprint density at radius 3 is 2.50 bits per heavy atom. The van der Waals surface area contributed by atoms with E-state index in [1.807, 2.05) is 17.0 Å². The molecule has 0 bridgehead atoms. The van der Waals surface area contributed by atoms with E-state index in [0.717, 1.165) is 30.1 Å². The van der Waals surface area contributed by atoms with Gasteiger partial charge in [-0.2, -0.15) is 0 Å². The summed E-state index contributed by atoms with van der Waals surface area (Å²) in [4.78, 5) is 16.8. The monoisotopic (exact) mass is 441 g/mol. The fourth-order valence-electron chi connectivity index (χ4n) is 3.08. The minimum Gasteiger partial charge on any atom is -0.336 e. The molecule has 1 saturated heterocycles. The molecule has 2 aromatic rings. The highest BCUT2D eigenvalue weighted by molar-refractivity contribution is 8.00. The van der Waals surface area contributed by atoms with E-state index in [9.17, 15) is 9.18 Å². The maximum Gasteiger partial charge on any atom is 0.255 e. The highest BCUT2D eigenvalue weighted by atomic mass is 35.5. The molecule has 28 heavy (non-hydrogen) atoms. The number of hydrogen-bond acceptors (Lipinski definition) is 4. The van der Waals surface area contributed by atoms with Crippen molar-refractivity contribution in [1.29, 1.82) is 0 Å². The van der Waals surface area contributed by atoms with Crippen LogP contribution in [0.5, 0.6) is 0 Å². The lowest BCUT2D eigenvalue weighted by molar-refractivity contribution is 0.0628. The average Bonchev–Trinajstić information content (AvgIpc) is 2.69. The van der Waals surface area contributed by atoms with Crippen LogP contribution in [0.25, 0.3) is 0 Å². The lowest BCUT2D eigenvalue weighted by atomic mass is 10.1. The largest absolute Gasteiger partial charge is 0.336 e. The molecule has 0 atom stereocenters. The smallest absolute Gasteiger partial charge is 0.255 e. The van der Waals surface area contributed by atoms with Crippen molar-refractivity contribution in [1.82, 2.24) is 9.80 Å². The van der Waals surface area contributed by atoms with Crippen LogP contribution in [0.4, 0.5) is 10.1 Å². The molecule has 1 fully saturated rings. The summed E-state index contributed by atoms with van der Waals surface area (Å²) >= 11 is 13.6. The van der Waals surface area contributed by atoms with Crippen molar-refractivity contribution in [2.24, 2.45) is 0 Å². The minimum atomic E-state index is -0.405. The van der Waals surface area contributed by atoms with Crippen molar-refractivity contribution >= 4 is 46.7 Å². The van der Waals surface area contributed by atoms with Crippen LogP contribution in [0.3, 0.4) is 0 Å². The first-order valence-corrected chi connectivity index (χ1v) is 10.8. The summed E-state index contributed by atoms with van der Waals surface area (Å²) in [7, 11) is 0. The number of benzene rings is 2. The van der Waals surface area contributed by atoms with E-state index in [1.165, 1.54) is 6.07 Å². The molecular weight excluding hydrogens is 420 g/mol. The van der Waals surface area contributed by atoms with Gasteiger partial charge in [-0.1, -0.05) is 48.1 Å². The molecule has 1 heterocycles. The Morgan fingerprint density at radius 2 is 1.86 bits per heavy atom. The molecule has 2 aromatic carbocycles. The van der Waals surface area contributed by atoms with Crippen LogP contribution in [-0.4, -0.2) is 47.6 Å². The number of piperazine rings is 1. The van der Waals surface area contributed by atoms with E-state index in [-0.39, 0.29) is 10.9 Å². The number of amides is 1. The zero-order valence-corrected chi connectivity index (χ0v) is 17.9. The molecule has 1 aliphatic heterocycles. The number of anilines is 1. The Hall–Kier alpha value is -1.47. The summed E-state index contributed by atoms with van der Waals surface area (Å²) in [5, 5.41) is 0.580. The van der Waals surface area contributed by atoms with Crippen molar-refractivity contribution in [2.45, 2.75) is 13.5 Å². The van der Waals surface area contributed by atoms with Gasteiger partial charge in [0.15, 0.2) is 0 Å². The third-order valence-corrected chi connectivity index (χ3v) is 5.87. The number of nitrogens with one attached hydrogen (secondary N) is 1. The molecule has 0 saturated carbocycles. The quantitative estimate of drug-likeness (QED) is 0.627. The topological polar surface area (TPSA) is 35.6 Å². The molecule has 0 aliphatic carbocycles. The highest BCUT2D eigenvalue weighted by Gasteiger charge is 2.24. The molecule has 0 unspecified atom stereocenters. The zero-order valence-electron chi connectivity index (χ0n) is 15.6. The highest BCUT2D eigenvalue weighted by Crippen LogP contribution is 2.25. The van der Waals surface area contributed by atoms with Crippen LogP contribution in [0.15, 0.2) is 36.4 Å². The van der Waals surface area contributed by atoms with Gasteiger partial charge in [0.05, 0.1) is 15.6 Å². The Labute approximate surface area is 179 Å². The summed E-state index contributed by atoms with van der Waals surface area (Å²) in [5.41, 5.74) is 2.27. The van der Waals surface area contributed by atoms with Crippen LogP contribution in [-0.2, 0) is 6.54 Å². The molecule has 8 heteroatoms. The van der Waals surface area contributed by atoms with Gasteiger partial charge < -0.3 is 9.62 Å². The van der Waals surface area contributed by atoms with E-state index in [0.29, 0.717) is 30.2 Å². The summed E-state index contributed by atoms with van der Waals surface area (Å²) < 4.78 is 16.8. The maximum absolute atomic E-state index is 13.6. The predicted octanol–water partition coefficient (Wildman–Crippen LogP) is 5.17. The van der Waals surface area contributed by atoms with Gasteiger partial charge >= 0.3 is 0 Å². The van der Waals surface area contributed by atoms with Crippen LogP contribution in [0.2, 0.25) is 10.0 Å². The molecule has 1 aliphatic rings. The normalized spacial score (nSPS) is 14.9. The zero-order chi connectivity index (χ0) is 20.1. The van der Waals surface area contributed by atoms with Crippen LogP contribution < -0.4 is 4.72 Å². The summed E-state index contributed by atoms with van der Waals surface area (Å²) in [6, 6.07) is 10.3. The maximum atomic E-state index is 13.6. The van der Waals surface area contributed by atoms with Gasteiger partial charge in [-0.15, -0.1) is 0 Å². The van der Waals surface area contributed by atoms with Gasteiger partial charge in [-0.05, 0) is 35.9 Å². The van der Waals surface area contributed by atoms with Crippen molar-refractivity contribution in [2.75, 3.05) is 36.7 Å². The fraction of sp³-hybridized carbons (Fsp3) is 0.350. The molecule has 150 valence electrons. The van der Waals surface area contributed by atoms with Crippen molar-refractivity contribution in [3.05, 3.63) is 63.4 Å². The lowest BCUT2D eigenvalue weighted by Gasteiger charge is -2.35. The first-order chi connectivity index (χ1) is 13.5. The van der Waals surface area contributed by atoms with Crippen molar-refractivity contribution in [3.8, 4) is 0 Å². The lowest BCUT2D eigenvalue weighted by Crippen LogP contribution is -2.48. The van der Waals surface area contributed by atoms with E-state index < -0.39 is 5.82 Å². The van der Waals surface area contributed by atoms with E-state index in [4.69, 9.17) is 23.2 Å². The number of rotatable bonds is 6. The second-order valence-corrected chi connectivity index (χ2v) is 8.43. The number of halogens is 3. The van der Waals surface area contributed by atoms with Crippen molar-refractivity contribution in [3.63, 3.8) is 0 Å². The Morgan fingerprint density at radius 1 is 1.11 bits per heavy atom. The minimum absolute atomic E-state index is 0.0584.